The number of sulfonamides is 1. The van der Waals surface area contributed by atoms with Crippen LogP contribution in [-0.2, 0) is 16.6 Å². The fraction of sp³-hybridized carbons (Fsp3) is 0.143. The molecule has 0 spiro atoms. The largest absolute Gasteiger partial charge is 0.264 e. The van der Waals surface area contributed by atoms with Gasteiger partial charge in [0.15, 0.2) is 0 Å². The highest BCUT2D eigenvalue weighted by Crippen LogP contribution is 2.29. The third kappa shape index (κ3) is 3.78. The lowest BCUT2D eigenvalue weighted by Crippen LogP contribution is -2.31. The summed E-state index contributed by atoms with van der Waals surface area (Å²) in [6.07, 6.45) is 0. The lowest BCUT2D eigenvalue weighted by molar-refractivity contribution is 0.590. The first-order chi connectivity index (χ1) is 12.4. The Hall–Kier alpha value is -2.66. The first kappa shape index (κ1) is 18.1. The minimum Gasteiger partial charge on any atom is -0.262 e. The first-order valence-electron chi connectivity index (χ1n) is 8.27. The standard InChI is InChI=1S/C21H20FNO2S/c1-16-8-9-17(2)21(14-16)23(15-18-10-12-19(22)13-11-18)26(24,25)20-6-4-3-5-7-20/h3-14H,15H2,1-2H3. The molecule has 0 heterocycles. The second-order valence-electron chi connectivity index (χ2n) is 6.24. The van der Waals surface area contributed by atoms with Crippen molar-refractivity contribution < 1.29 is 12.8 Å². The molecule has 0 radical (unpaired) electrons. The summed E-state index contributed by atoms with van der Waals surface area (Å²) in [6, 6.07) is 19.9. The normalized spacial score (nSPS) is 11.3. The van der Waals surface area contributed by atoms with Crippen LogP contribution in [0, 0.1) is 19.7 Å². The van der Waals surface area contributed by atoms with Crippen molar-refractivity contribution in [2.75, 3.05) is 4.31 Å². The van der Waals surface area contributed by atoms with Crippen molar-refractivity contribution in [1.29, 1.82) is 0 Å². The van der Waals surface area contributed by atoms with Crippen LogP contribution in [0.15, 0.2) is 77.7 Å². The Bertz CT molecular complexity index is 1000. The van der Waals surface area contributed by atoms with E-state index < -0.39 is 10.0 Å². The van der Waals surface area contributed by atoms with Crippen LogP contribution in [-0.4, -0.2) is 8.42 Å². The van der Waals surface area contributed by atoms with Gasteiger partial charge in [0.25, 0.3) is 10.0 Å². The van der Waals surface area contributed by atoms with Crippen LogP contribution >= 0.6 is 0 Å². The molecule has 5 heteroatoms. The molecule has 0 aliphatic heterocycles. The van der Waals surface area contributed by atoms with Crippen molar-refractivity contribution in [2.45, 2.75) is 25.3 Å². The number of benzene rings is 3. The summed E-state index contributed by atoms with van der Waals surface area (Å²) in [5, 5.41) is 0. The van der Waals surface area contributed by atoms with Gasteiger partial charge in [-0.25, -0.2) is 12.8 Å². The van der Waals surface area contributed by atoms with Crippen molar-refractivity contribution in [3.05, 3.63) is 95.3 Å². The first-order valence-corrected chi connectivity index (χ1v) is 9.71. The summed E-state index contributed by atoms with van der Waals surface area (Å²) in [6.45, 7) is 3.93. The third-order valence-electron chi connectivity index (χ3n) is 4.20. The zero-order chi connectivity index (χ0) is 18.7. The molecule has 0 N–H and O–H groups in total. The van der Waals surface area contributed by atoms with Crippen molar-refractivity contribution in [3.8, 4) is 0 Å². The minimum atomic E-state index is -3.76. The summed E-state index contributed by atoms with van der Waals surface area (Å²) in [5.74, 6) is -0.349. The number of aryl methyl sites for hydroxylation is 2. The van der Waals surface area contributed by atoms with Gasteiger partial charge in [0.05, 0.1) is 17.1 Å². The fourth-order valence-electron chi connectivity index (χ4n) is 2.76. The Morgan fingerprint density at radius 1 is 0.885 bits per heavy atom. The molecule has 0 saturated carbocycles. The van der Waals surface area contributed by atoms with Gasteiger partial charge in [0.2, 0.25) is 0 Å². The molecule has 0 bridgehead atoms. The monoisotopic (exact) mass is 369 g/mol. The average molecular weight is 369 g/mol. The van der Waals surface area contributed by atoms with Gasteiger partial charge in [-0.3, -0.25) is 4.31 Å². The van der Waals surface area contributed by atoms with Crippen LogP contribution in [0.4, 0.5) is 10.1 Å². The quantitative estimate of drug-likeness (QED) is 0.645. The summed E-state index contributed by atoms with van der Waals surface area (Å²) in [4.78, 5) is 0.225. The van der Waals surface area contributed by atoms with Crippen LogP contribution in [0.2, 0.25) is 0 Å². The predicted octanol–water partition coefficient (Wildman–Crippen LogP) is 4.84. The molecule has 0 unspecified atom stereocenters. The van der Waals surface area contributed by atoms with E-state index in [1.165, 1.54) is 16.4 Å². The maximum absolute atomic E-state index is 13.3. The summed E-state index contributed by atoms with van der Waals surface area (Å²) in [5.41, 5.74) is 3.17. The second kappa shape index (κ2) is 7.30. The molecule has 0 aliphatic rings. The van der Waals surface area contributed by atoms with E-state index in [9.17, 15) is 12.8 Å². The molecule has 0 amide bonds. The molecular formula is C21H20FNO2S. The molecular weight excluding hydrogens is 349 g/mol. The van der Waals surface area contributed by atoms with Gasteiger partial charge in [-0.15, -0.1) is 0 Å². The number of halogens is 1. The zero-order valence-electron chi connectivity index (χ0n) is 14.7. The molecule has 134 valence electrons. The summed E-state index contributed by atoms with van der Waals surface area (Å²) < 4.78 is 41.3. The molecule has 3 aromatic carbocycles. The molecule has 3 nitrogen and oxygen atoms in total. The molecule has 3 aromatic rings. The third-order valence-corrected chi connectivity index (χ3v) is 5.98. The number of nitrogens with zero attached hydrogens (tertiary/aromatic N) is 1. The number of rotatable bonds is 5. The van der Waals surface area contributed by atoms with Crippen LogP contribution in [0.25, 0.3) is 0 Å². The summed E-state index contributed by atoms with van der Waals surface area (Å²) >= 11 is 0. The van der Waals surface area contributed by atoms with Gasteiger partial charge in [-0.05, 0) is 60.9 Å². The van der Waals surface area contributed by atoms with Gasteiger partial charge >= 0.3 is 0 Å². The molecule has 0 aliphatic carbocycles. The smallest absolute Gasteiger partial charge is 0.262 e. The average Bonchev–Trinajstić information content (AvgIpc) is 2.64. The highest BCUT2D eigenvalue weighted by atomic mass is 32.2. The van der Waals surface area contributed by atoms with Crippen LogP contribution in [0.5, 0.6) is 0 Å². The Morgan fingerprint density at radius 2 is 1.54 bits per heavy atom. The van der Waals surface area contributed by atoms with Gasteiger partial charge in [0.1, 0.15) is 5.82 Å². The second-order valence-corrected chi connectivity index (χ2v) is 8.10. The van der Waals surface area contributed by atoms with Gasteiger partial charge in [-0.1, -0.05) is 42.5 Å². The van der Waals surface area contributed by atoms with E-state index in [-0.39, 0.29) is 17.3 Å². The van der Waals surface area contributed by atoms with Crippen LogP contribution in [0.1, 0.15) is 16.7 Å². The fourth-order valence-corrected chi connectivity index (χ4v) is 4.29. The van der Waals surface area contributed by atoms with Gasteiger partial charge < -0.3 is 0 Å². The number of hydrogen-bond donors (Lipinski definition) is 0. The molecule has 0 atom stereocenters. The van der Waals surface area contributed by atoms with Crippen LogP contribution < -0.4 is 4.31 Å². The van der Waals surface area contributed by atoms with E-state index in [0.29, 0.717) is 11.3 Å². The number of anilines is 1. The van der Waals surface area contributed by atoms with E-state index in [1.54, 1.807) is 42.5 Å². The SMILES string of the molecule is Cc1ccc(C)c(N(Cc2ccc(F)cc2)S(=O)(=O)c2ccccc2)c1. The zero-order valence-corrected chi connectivity index (χ0v) is 15.5. The maximum Gasteiger partial charge on any atom is 0.264 e. The molecule has 3 rings (SSSR count). The van der Waals surface area contributed by atoms with E-state index >= 15 is 0 Å². The lowest BCUT2D eigenvalue weighted by Gasteiger charge is -2.26. The predicted molar refractivity (Wildman–Crippen MR) is 102 cm³/mol. The van der Waals surface area contributed by atoms with Crippen LogP contribution in [0.3, 0.4) is 0 Å². The molecule has 0 fully saturated rings. The lowest BCUT2D eigenvalue weighted by atomic mass is 10.1. The Morgan fingerprint density at radius 3 is 2.19 bits per heavy atom. The topological polar surface area (TPSA) is 37.4 Å². The van der Waals surface area contributed by atoms with Gasteiger partial charge in [0, 0.05) is 0 Å². The Labute approximate surface area is 153 Å². The number of hydrogen-bond acceptors (Lipinski definition) is 2. The minimum absolute atomic E-state index is 0.127. The highest BCUT2D eigenvalue weighted by Gasteiger charge is 2.26. The van der Waals surface area contributed by atoms with E-state index in [2.05, 4.69) is 0 Å². The maximum atomic E-state index is 13.3. The van der Waals surface area contributed by atoms with E-state index in [1.807, 2.05) is 32.0 Å². The van der Waals surface area contributed by atoms with Crippen molar-refractivity contribution in [2.24, 2.45) is 0 Å². The van der Waals surface area contributed by atoms with Crippen molar-refractivity contribution in [3.63, 3.8) is 0 Å². The summed E-state index contributed by atoms with van der Waals surface area (Å²) in [7, 11) is -3.76. The highest BCUT2D eigenvalue weighted by molar-refractivity contribution is 7.92. The van der Waals surface area contributed by atoms with E-state index in [4.69, 9.17) is 0 Å². The molecule has 0 aromatic heterocycles. The van der Waals surface area contributed by atoms with Crippen molar-refractivity contribution in [1.82, 2.24) is 0 Å². The Balaban J connectivity index is 2.12. The molecule has 26 heavy (non-hydrogen) atoms. The van der Waals surface area contributed by atoms with Crippen molar-refractivity contribution >= 4 is 15.7 Å². The molecule has 0 saturated heterocycles. The van der Waals surface area contributed by atoms with Gasteiger partial charge in [-0.2, -0.15) is 0 Å². The Kier molecular flexibility index (Phi) is 5.09. The van der Waals surface area contributed by atoms with E-state index in [0.717, 1.165) is 11.1 Å².